The van der Waals surface area contributed by atoms with E-state index >= 15 is 0 Å². The SMILES string of the molecule is CC/C=C/C(CN)CNC(=O)OC(C)(C)C. The van der Waals surface area contributed by atoms with Gasteiger partial charge >= 0.3 is 6.09 Å². The maximum absolute atomic E-state index is 11.4. The number of amides is 1. The van der Waals surface area contributed by atoms with E-state index in [4.69, 9.17) is 10.5 Å². The van der Waals surface area contributed by atoms with E-state index in [1.807, 2.05) is 32.9 Å². The van der Waals surface area contributed by atoms with Crippen molar-refractivity contribution in [3.63, 3.8) is 0 Å². The molecule has 0 aromatic carbocycles. The van der Waals surface area contributed by atoms with Gasteiger partial charge < -0.3 is 15.8 Å². The molecule has 0 aromatic rings. The predicted molar refractivity (Wildman–Crippen MR) is 66.2 cm³/mol. The van der Waals surface area contributed by atoms with Gasteiger partial charge in [-0.15, -0.1) is 0 Å². The molecule has 0 radical (unpaired) electrons. The average Bonchev–Trinajstić information content (AvgIpc) is 2.15. The second-order valence-electron chi connectivity index (χ2n) is 4.71. The van der Waals surface area contributed by atoms with Crippen molar-refractivity contribution in [3.8, 4) is 0 Å². The Hall–Kier alpha value is -1.03. The zero-order chi connectivity index (χ0) is 12.6. The highest BCUT2D eigenvalue weighted by Gasteiger charge is 2.16. The van der Waals surface area contributed by atoms with Gasteiger partial charge in [0.15, 0.2) is 0 Å². The van der Waals surface area contributed by atoms with E-state index in [2.05, 4.69) is 12.2 Å². The summed E-state index contributed by atoms with van der Waals surface area (Å²) in [5, 5.41) is 2.71. The summed E-state index contributed by atoms with van der Waals surface area (Å²) in [5.41, 5.74) is 5.13. The topological polar surface area (TPSA) is 64.3 Å². The first-order valence-electron chi connectivity index (χ1n) is 5.72. The molecule has 4 heteroatoms. The smallest absolute Gasteiger partial charge is 0.407 e. The Bertz CT molecular complexity index is 232. The second kappa shape index (κ2) is 7.28. The van der Waals surface area contributed by atoms with E-state index in [1.54, 1.807) is 0 Å². The molecule has 0 spiro atoms. The van der Waals surface area contributed by atoms with Crippen LogP contribution in [0.1, 0.15) is 34.1 Å². The van der Waals surface area contributed by atoms with E-state index in [0.29, 0.717) is 13.1 Å². The minimum absolute atomic E-state index is 0.174. The molecule has 0 heterocycles. The highest BCUT2D eigenvalue weighted by atomic mass is 16.6. The number of hydrogen-bond donors (Lipinski definition) is 2. The van der Waals surface area contributed by atoms with Crippen LogP contribution in [0.25, 0.3) is 0 Å². The van der Waals surface area contributed by atoms with Crippen molar-refractivity contribution >= 4 is 6.09 Å². The maximum atomic E-state index is 11.4. The lowest BCUT2D eigenvalue weighted by molar-refractivity contribution is 0.0523. The number of ether oxygens (including phenoxy) is 1. The Morgan fingerprint density at radius 1 is 1.50 bits per heavy atom. The van der Waals surface area contributed by atoms with Crippen molar-refractivity contribution in [2.45, 2.75) is 39.7 Å². The van der Waals surface area contributed by atoms with E-state index in [9.17, 15) is 4.79 Å². The minimum atomic E-state index is -0.457. The molecular formula is C12H24N2O2. The first-order valence-corrected chi connectivity index (χ1v) is 5.72. The van der Waals surface area contributed by atoms with E-state index in [1.165, 1.54) is 0 Å². The van der Waals surface area contributed by atoms with Crippen LogP contribution in [0.3, 0.4) is 0 Å². The Balaban J connectivity index is 3.93. The van der Waals surface area contributed by atoms with Crippen LogP contribution in [0.2, 0.25) is 0 Å². The van der Waals surface area contributed by atoms with Crippen LogP contribution < -0.4 is 11.1 Å². The van der Waals surface area contributed by atoms with Crippen molar-refractivity contribution in [1.82, 2.24) is 5.32 Å². The first-order chi connectivity index (χ1) is 7.39. The first kappa shape index (κ1) is 15.0. The largest absolute Gasteiger partial charge is 0.444 e. The molecule has 0 rings (SSSR count). The molecule has 0 aliphatic rings. The Labute approximate surface area is 98.2 Å². The molecule has 1 unspecified atom stereocenters. The summed E-state index contributed by atoms with van der Waals surface area (Å²) < 4.78 is 5.12. The number of nitrogens with two attached hydrogens (primary N) is 1. The zero-order valence-corrected chi connectivity index (χ0v) is 10.7. The van der Waals surface area contributed by atoms with Crippen LogP contribution in [0, 0.1) is 5.92 Å². The van der Waals surface area contributed by atoms with Crippen molar-refractivity contribution < 1.29 is 9.53 Å². The molecule has 0 bridgehead atoms. The van der Waals surface area contributed by atoms with Gasteiger partial charge in [0, 0.05) is 19.0 Å². The average molecular weight is 228 g/mol. The molecule has 1 amide bonds. The summed E-state index contributed by atoms with van der Waals surface area (Å²) in [7, 11) is 0. The van der Waals surface area contributed by atoms with E-state index in [-0.39, 0.29) is 5.92 Å². The summed E-state index contributed by atoms with van der Waals surface area (Å²) in [4.78, 5) is 11.4. The van der Waals surface area contributed by atoms with Crippen LogP contribution in [0.4, 0.5) is 4.79 Å². The van der Waals surface area contributed by atoms with Gasteiger partial charge in [0.05, 0.1) is 0 Å². The van der Waals surface area contributed by atoms with Crippen LogP contribution in [-0.2, 0) is 4.74 Å². The normalized spacial score (nSPS) is 13.8. The van der Waals surface area contributed by atoms with Gasteiger partial charge in [0.2, 0.25) is 0 Å². The molecule has 0 saturated heterocycles. The zero-order valence-electron chi connectivity index (χ0n) is 10.7. The summed E-state index contributed by atoms with van der Waals surface area (Å²) in [6.07, 6.45) is 4.66. The summed E-state index contributed by atoms with van der Waals surface area (Å²) in [6.45, 7) is 8.61. The lowest BCUT2D eigenvalue weighted by atomic mass is 10.1. The molecule has 0 saturated carbocycles. The fourth-order valence-electron chi connectivity index (χ4n) is 1.09. The molecule has 1 atom stereocenters. The molecule has 0 fully saturated rings. The molecule has 0 aromatic heterocycles. The van der Waals surface area contributed by atoms with Gasteiger partial charge in [-0.1, -0.05) is 19.1 Å². The van der Waals surface area contributed by atoms with Gasteiger partial charge in [-0.05, 0) is 27.2 Å². The van der Waals surface area contributed by atoms with Crippen molar-refractivity contribution in [2.75, 3.05) is 13.1 Å². The number of carbonyl (C=O) groups excluding carboxylic acids is 1. The van der Waals surface area contributed by atoms with Gasteiger partial charge in [0.1, 0.15) is 5.60 Å². The quantitative estimate of drug-likeness (QED) is 0.708. The third-order valence-electron chi connectivity index (χ3n) is 1.85. The predicted octanol–water partition coefficient (Wildman–Crippen LogP) is 2.05. The van der Waals surface area contributed by atoms with Gasteiger partial charge in [-0.3, -0.25) is 0 Å². The highest BCUT2D eigenvalue weighted by Crippen LogP contribution is 2.06. The Morgan fingerprint density at radius 2 is 2.12 bits per heavy atom. The van der Waals surface area contributed by atoms with Gasteiger partial charge in [-0.2, -0.15) is 0 Å². The molecule has 0 aliphatic carbocycles. The second-order valence-corrected chi connectivity index (χ2v) is 4.71. The van der Waals surface area contributed by atoms with Gasteiger partial charge in [0.25, 0.3) is 0 Å². The molecule has 3 N–H and O–H groups in total. The van der Waals surface area contributed by atoms with Crippen LogP contribution >= 0.6 is 0 Å². The summed E-state index contributed by atoms with van der Waals surface area (Å²) in [5.74, 6) is 0.174. The van der Waals surface area contributed by atoms with E-state index < -0.39 is 11.7 Å². The fourth-order valence-corrected chi connectivity index (χ4v) is 1.09. The lowest BCUT2D eigenvalue weighted by Gasteiger charge is -2.20. The number of nitrogens with one attached hydrogen (secondary N) is 1. The number of hydrogen-bond acceptors (Lipinski definition) is 3. The molecule has 16 heavy (non-hydrogen) atoms. The third-order valence-corrected chi connectivity index (χ3v) is 1.85. The number of rotatable bonds is 5. The van der Waals surface area contributed by atoms with Crippen LogP contribution in [-0.4, -0.2) is 24.8 Å². The fraction of sp³-hybridized carbons (Fsp3) is 0.750. The maximum Gasteiger partial charge on any atom is 0.407 e. The standard InChI is InChI=1S/C12H24N2O2/c1-5-6-7-10(8-13)9-14-11(15)16-12(2,3)4/h6-7,10H,5,8-9,13H2,1-4H3,(H,14,15)/b7-6+. The highest BCUT2D eigenvalue weighted by molar-refractivity contribution is 5.67. The summed E-state index contributed by atoms with van der Waals surface area (Å²) >= 11 is 0. The van der Waals surface area contributed by atoms with Crippen LogP contribution in [0.15, 0.2) is 12.2 Å². The lowest BCUT2D eigenvalue weighted by Crippen LogP contribution is -2.36. The number of allylic oxidation sites excluding steroid dienone is 1. The van der Waals surface area contributed by atoms with E-state index in [0.717, 1.165) is 6.42 Å². The molecule has 0 aliphatic heterocycles. The minimum Gasteiger partial charge on any atom is -0.444 e. The molecule has 94 valence electrons. The summed E-state index contributed by atoms with van der Waals surface area (Å²) in [6, 6.07) is 0. The van der Waals surface area contributed by atoms with Crippen molar-refractivity contribution in [3.05, 3.63) is 12.2 Å². The number of alkyl carbamates (subject to hydrolysis) is 1. The van der Waals surface area contributed by atoms with Crippen LogP contribution in [0.5, 0.6) is 0 Å². The van der Waals surface area contributed by atoms with Gasteiger partial charge in [-0.25, -0.2) is 4.79 Å². The monoisotopic (exact) mass is 228 g/mol. The van der Waals surface area contributed by atoms with Crippen molar-refractivity contribution in [2.24, 2.45) is 11.7 Å². The third kappa shape index (κ3) is 8.29. The Morgan fingerprint density at radius 3 is 2.56 bits per heavy atom. The Kier molecular flexibility index (Phi) is 6.81. The molecule has 4 nitrogen and oxygen atoms in total. The number of carbonyl (C=O) groups is 1. The molecular weight excluding hydrogens is 204 g/mol. The van der Waals surface area contributed by atoms with Crippen molar-refractivity contribution in [1.29, 1.82) is 0 Å².